The molecule has 4 heterocycles. The summed E-state index contributed by atoms with van der Waals surface area (Å²) in [4.78, 5) is 21.3. The van der Waals surface area contributed by atoms with Crippen molar-refractivity contribution in [3.05, 3.63) is 36.3 Å². The number of nitrogens with zero attached hydrogens (tertiary/aromatic N) is 5. The van der Waals surface area contributed by atoms with E-state index < -0.39 is 6.09 Å². The van der Waals surface area contributed by atoms with Crippen LogP contribution in [0.4, 0.5) is 10.5 Å². The second-order valence-corrected chi connectivity index (χ2v) is 8.58. The van der Waals surface area contributed by atoms with Crippen LogP contribution >= 0.6 is 0 Å². The Kier molecular flexibility index (Phi) is 5.99. The summed E-state index contributed by atoms with van der Waals surface area (Å²) in [5.74, 6) is 0.479. The van der Waals surface area contributed by atoms with Crippen LogP contribution < -0.4 is 10.1 Å². The molecule has 1 aromatic carbocycles. The molecule has 10 nitrogen and oxygen atoms in total. The van der Waals surface area contributed by atoms with E-state index in [0.29, 0.717) is 37.5 Å². The maximum atomic E-state index is 11.1. The van der Waals surface area contributed by atoms with Crippen LogP contribution in [0.2, 0.25) is 0 Å². The summed E-state index contributed by atoms with van der Waals surface area (Å²) in [5, 5.41) is 17.9. The summed E-state index contributed by atoms with van der Waals surface area (Å²) < 4.78 is 13.6. The number of aryl methyl sites for hydroxylation is 1. The molecule has 0 spiro atoms. The fourth-order valence-corrected chi connectivity index (χ4v) is 4.46. The Hall–Kier alpha value is -3.40. The Balaban J connectivity index is 1.32. The second-order valence-electron chi connectivity index (χ2n) is 8.58. The van der Waals surface area contributed by atoms with Gasteiger partial charge >= 0.3 is 6.09 Å². The zero-order chi connectivity index (χ0) is 22.8. The summed E-state index contributed by atoms with van der Waals surface area (Å²) in [7, 11) is 0. The first-order valence-corrected chi connectivity index (χ1v) is 11.4. The first kappa shape index (κ1) is 21.4. The van der Waals surface area contributed by atoms with Crippen molar-refractivity contribution in [2.24, 2.45) is 0 Å². The van der Waals surface area contributed by atoms with Crippen molar-refractivity contribution in [3.63, 3.8) is 0 Å². The SMILES string of the molecule is Cc1cc(NCC2CCCO2)ccc1-n1ncc2c(OC3CCN(C(=O)O)CC3)ncnc21. The van der Waals surface area contributed by atoms with E-state index in [1.807, 2.05) is 12.1 Å². The van der Waals surface area contributed by atoms with E-state index in [0.717, 1.165) is 48.3 Å². The number of nitrogens with one attached hydrogen (secondary N) is 1. The predicted molar refractivity (Wildman–Crippen MR) is 122 cm³/mol. The number of benzene rings is 1. The van der Waals surface area contributed by atoms with Gasteiger partial charge in [0.05, 0.1) is 18.0 Å². The van der Waals surface area contributed by atoms with Gasteiger partial charge in [-0.1, -0.05) is 0 Å². The highest BCUT2D eigenvalue weighted by molar-refractivity contribution is 5.81. The topological polar surface area (TPSA) is 115 Å². The minimum absolute atomic E-state index is 0.0852. The Morgan fingerprint density at radius 2 is 2.12 bits per heavy atom. The number of carbonyl (C=O) groups is 1. The lowest BCUT2D eigenvalue weighted by Crippen LogP contribution is -2.41. The van der Waals surface area contributed by atoms with Crippen molar-refractivity contribution in [1.29, 1.82) is 0 Å². The van der Waals surface area contributed by atoms with Crippen molar-refractivity contribution < 1.29 is 19.4 Å². The Morgan fingerprint density at radius 3 is 2.85 bits per heavy atom. The number of anilines is 1. The molecule has 1 atom stereocenters. The zero-order valence-corrected chi connectivity index (χ0v) is 18.6. The fourth-order valence-electron chi connectivity index (χ4n) is 4.46. The highest BCUT2D eigenvalue weighted by Crippen LogP contribution is 2.28. The summed E-state index contributed by atoms with van der Waals surface area (Å²) >= 11 is 0. The third-order valence-electron chi connectivity index (χ3n) is 6.30. The molecule has 2 aromatic heterocycles. The van der Waals surface area contributed by atoms with Crippen LogP contribution in [0.25, 0.3) is 16.7 Å². The monoisotopic (exact) mass is 452 g/mol. The quantitative estimate of drug-likeness (QED) is 0.586. The number of hydrogen-bond donors (Lipinski definition) is 2. The molecule has 0 aliphatic carbocycles. The van der Waals surface area contributed by atoms with E-state index in [9.17, 15) is 4.79 Å². The standard InChI is InChI=1S/C23H28N6O4/c1-15-11-16(24-12-18-3-2-10-32-18)4-5-20(15)29-21-19(13-27-29)22(26-14-25-21)33-17-6-8-28(9-7-17)23(30)31/h4-5,11,13-14,17-18,24H,2-3,6-10,12H2,1H3,(H,30,31). The van der Waals surface area contributed by atoms with Crippen LogP contribution in [0.5, 0.6) is 5.88 Å². The van der Waals surface area contributed by atoms with Crippen LogP contribution in [0, 0.1) is 6.92 Å². The molecule has 5 rings (SSSR count). The minimum atomic E-state index is -0.886. The van der Waals surface area contributed by atoms with Crippen LogP contribution in [-0.4, -0.2) is 74.3 Å². The average Bonchev–Trinajstić information content (AvgIpc) is 3.49. The van der Waals surface area contributed by atoms with Gasteiger partial charge in [0, 0.05) is 44.8 Å². The minimum Gasteiger partial charge on any atom is -0.474 e. The molecule has 174 valence electrons. The molecule has 2 aliphatic heterocycles. The maximum absolute atomic E-state index is 11.1. The zero-order valence-electron chi connectivity index (χ0n) is 18.6. The van der Waals surface area contributed by atoms with E-state index in [1.54, 1.807) is 10.9 Å². The largest absolute Gasteiger partial charge is 0.474 e. The molecule has 10 heteroatoms. The van der Waals surface area contributed by atoms with Gasteiger partial charge in [0.25, 0.3) is 0 Å². The van der Waals surface area contributed by atoms with Gasteiger partial charge in [0.15, 0.2) is 5.65 Å². The van der Waals surface area contributed by atoms with Gasteiger partial charge in [-0.15, -0.1) is 0 Å². The number of rotatable bonds is 6. The Labute approximate surface area is 191 Å². The number of carboxylic acid groups (broad SMARTS) is 1. The lowest BCUT2D eigenvalue weighted by atomic mass is 10.1. The number of likely N-dealkylation sites (tertiary alicyclic amines) is 1. The summed E-state index contributed by atoms with van der Waals surface area (Å²) in [6.07, 6.45) is 6.01. The number of piperidine rings is 1. The molecule has 2 aliphatic rings. The maximum Gasteiger partial charge on any atom is 0.407 e. The lowest BCUT2D eigenvalue weighted by molar-refractivity contribution is 0.0879. The smallest absolute Gasteiger partial charge is 0.407 e. The molecule has 1 amide bonds. The van der Waals surface area contributed by atoms with Gasteiger partial charge in [0.2, 0.25) is 5.88 Å². The molecule has 3 aromatic rings. The van der Waals surface area contributed by atoms with Gasteiger partial charge in [-0.2, -0.15) is 5.10 Å². The van der Waals surface area contributed by atoms with Crippen LogP contribution in [0.3, 0.4) is 0 Å². The fraction of sp³-hybridized carbons (Fsp3) is 0.478. The number of fused-ring (bicyclic) bond motifs is 1. The first-order chi connectivity index (χ1) is 16.1. The van der Waals surface area contributed by atoms with E-state index in [-0.39, 0.29) is 12.2 Å². The number of hydrogen-bond acceptors (Lipinski definition) is 7. The molecule has 0 bridgehead atoms. The first-order valence-electron chi connectivity index (χ1n) is 11.4. The number of amides is 1. The molecule has 0 saturated carbocycles. The van der Waals surface area contributed by atoms with Crippen molar-refractivity contribution in [2.75, 3.05) is 31.6 Å². The molecular weight excluding hydrogens is 424 g/mol. The second kappa shape index (κ2) is 9.22. The highest BCUT2D eigenvalue weighted by atomic mass is 16.5. The lowest BCUT2D eigenvalue weighted by Gasteiger charge is -2.29. The molecule has 1 unspecified atom stereocenters. The van der Waals surface area contributed by atoms with Gasteiger partial charge < -0.3 is 24.8 Å². The number of ether oxygens (including phenoxy) is 2. The van der Waals surface area contributed by atoms with Crippen molar-refractivity contribution in [1.82, 2.24) is 24.6 Å². The summed E-state index contributed by atoms with van der Waals surface area (Å²) in [6.45, 7) is 4.63. The normalized spacial score (nSPS) is 19.2. The number of aromatic nitrogens is 4. The molecule has 2 saturated heterocycles. The predicted octanol–water partition coefficient (Wildman–Crippen LogP) is 3.24. The summed E-state index contributed by atoms with van der Waals surface area (Å²) in [6, 6.07) is 6.18. The van der Waals surface area contributed by atoms with Gasteiger partial charge in [-0.05, 0) is 43.5 Å². The van der Waals surface area contributed by atoms with E-state index >= 15 is 0 Å². The van der Waals surface area contributed by atoms with E-state index in [4.69, 9.17) is 14.6 Å². The van der Waals surface area contributed by atoms with Crippen LogP contribution in [0.15, 0.2) is 30.7 Å². The van der Waals surface area contributed by atoms with E-state index in [2.05, 4.69) is 33.4 Å². The van der Waals surface area contributed by atoms with Crippen LogP contribution in [-0.2, 0) is 4.74 Å². The van der Waals surface area contributed by atoms with E-state index in [1.165, 1.54) is 11.2 Å². The third-order valence-corrected chi connectivity index (χ3v) is 6.30. The highest BCUT2D eigenvalue weighted by Gasteiger charge is 2.25. The molecule has 33 heavy (non-hydrogen) atoms. The molecular formula is C23H28N6O4. The summed E-state index contributed by atoms with van der Waals surface area (Å²) in [5.41, 5.74) is 3.73. The van der Waals surface area contributed by atoms with Gasteiger partial charge in [0.1, 0.15) is 17.8 Å². The van der Waals surface area contributed by atoms with Gasteiger partial charge in [-0.25, -0.2) is 19.4 Å². The average molecular weight is 453 g/mol. The molecule has 2 fully saturated rings. The third kappa shape index (κ3) is 4.56. The Bertz CT molecular complexity index is 1140. The Morgan fingerprint density at radius 1 is 1.27 bits per heavy atom. The van der Waals surface area contributed by atoms with Crippen molar-refractivity contribution in [2.45, 2.75) is 44.8 Å². The van der Waals surface area contributed by atoms with Crippen molar-refractivity contribution >= 4 is 22.8 Å². The van der Waals surface area contributed by atoms with Crippen LogP contribution in [0.1, 0.15) is 31.2 Å². The molecule has 2 N–H and O–H groups in total. The van der Waals surface area contributed by atoms with Crippen molar-refractivity contribution in [3.8, 4) is 11.6 Å². The van der Waals surface area contributed by atoms with Gasteiger partial charge in [-0.3, -0.25) is 0 Å². The molecule has 0 radical (unpaired) electrons.